The second-order valence-corrected chi connectivity index (χ2v) is 8.33. The number of thiophene rings is 1. The van der Waals surface area contributed by atoms with Crippen LogP contribution in [0.1, 0.15) is 29.4 Å². The van der Waals surface area contributed by atoms with E-state index in [1.54, 1.807) is 13.1 Å². The van der Waals surface area contributed by atoms with Gasteiger partial charge in [-0.1, -0.05) is 0 Å². The summed E-state index contributed by atoms with van der Waals surface area (Å²) in [5.74, 6) is 0.230. The summed E-state index contributed by atoms with van der Waals surface area (Å²) in [5, 5.41) is 0. The quantitative estimate of drug-likeness (QED) is 0.860. The molecule has 1 fully saturated rings. The lowest BCUT2D eigenvalue weighted by molar-refractivity contribution is -0.133. The van der Waals surface area contributed by atoms with E-state index in [1.807, 2.05) is 17.9 Å². The molecular weight excluding hydrogens is 366 g/mol. The summed E-state index contributed by atoms with van der Waals surface area (Å²) < 4.78 is 0.909. The highest BCUT2D eigenvalue weighted by molar-refractivity contribution is 9.11. The van der Waals surface area contributed by atoms with E-state index in [0.29, 0.717) is 17.3 Å². The second-order valence-electron chi connectivity index (χ2n) is 5.87. The fourth-order valence-electron chi connectivity index (χ4n) is 2.66. The van der Waals surface area contributed by atoms with Crippen molar-refractivity contribution in [2.24, 2.45) is 11.7 Å². The number of carbonyl (C=O) groups is 2. The SMILES string of the molecule is CC(N)C1CCCN(C(=O)CN(C)C(=O)c2ccc(Br)s2)C1. The Morgan fingerprint density at radius 3 is 2.86 bits per heavy atom. The Morgan fingerprint density at radius 2 is 2.27 bits per heavy atom. The predicted molar refractivity (Wildman–Crippen MR) is 91.9 cm³/mol. The summed E-state index contributed by atoms with van der Waals surface area (Å²) in [7, 11) is 1.67. The van der Waals surface area contributed by atoms with Gasteiger partial charge in [0.1, 0.15) is 0 Å². The van der Waals surface area contributed by atoms with Crippen molar-refractivity contribution in [1.82, 2.24) is 9.80 Å². The van der Waals surface area contributed by atoms with Gasteiger partial charge >= 0.3 is 0 Å². The zero-order chi connectivity index (χ0) is 16.3. The van der Waals surface area contributed by atoms with Gasteiger partial charge in [-0.15, -0.1) is 11.3 Å². The van der Waals surface area contributed by atoms with Gasteiger partial charge in [0.05, 0.1) is 15.2 Å². The van der Waals surface area contributed by atoms with E-state index in [1.165, 1.54) is 16.2 Å². The maximum Gasteiger partial charge on any atom is 0.264 e. The third-order valence-corrected chi connectivity index (χ3v) is 5.67. The first-order valence-electron chi connectivity index (χ1n) is 7.42. The van der Waals surface area contributed by atoms with Crippen LogP contribution in [0.2, 0.25) is 0 Å². The molecule has 0 radical (unpaired) electrons. The Morgan fingerprint density at radius 1 is 1.55 bits per heavy atom. The van der Waals surface area contributed by atoms with Gasteiger partial charge in [-0.3, -0.25) is 9.59 Å². The van der Waals surface area contributed by atoms with Gasteiger partial charge in [0, 0.05) is 26.2 Å². The average Bonchev–Trinajstić information content (AvgIpc) is 2.93. The molecule has 7 heteroatoms. The van der Waals surface area contributed by atoms with Crippen LogP contribution in [0.5, 0.6) is 0 Å². The van der Waals surface area contributed by atoms with Crippen molar-refractivity contribution in [2.45, 2.75) is 25.8 Å². The number of nitrogens with two attached hydrogens (primary N) is 1. The highest BCUT2D eigenvalue weighted by Gasteiger charge is 2.27. The smallest absolute Gasteiger partial charge is 0.264 e. The Kier molecular flexibility index (Phi) is 6.00. The molecule has 0 spiro atoms. The lowest BCUT2D eigenvalue weighted by Crippen LogP contribution is -2.48. The zero-order valence-electron chi connectivity index (χ0n) is 12.9. The molecule has 1 aromatic rings. The molecule has 2 unspecified atom stereocenters. The molecule has 2 heterocycles. The Balaban J connectivity index is 1.92. The van der Waals surface area contributed by atoms with Crippen molar-refractivity contribution in [3.8, 4) is 0 Å². The molecular formula is C15H22BrN3O2S. The van der Waals surface area contributed by atoms with Crippen LogP contribution < -0.4 is 5.73 Å². The second kappa shape index (κ2) is 7.57. The Bertz CT molecular complexity index is 547. The highest BCUT2D eigenvalue weighted by atomic mass is 79.9. The molecule has 1 aliphatic heterocycles. The molecule has 0 aliphatic carbocycles. The lowest BCUT2D eigenvalue weighted by Gasteiger charge is -2.35. The van der Waals surface area contributed by atoms with E-state index in [0.717, 1.165) is 23.2 Å². The van der Waals surface area contributed by atoms with Crippen molar-refractivity contribution in [3.63, 3.8) is 0 Å². The number of likely N-dealkylation sites (tertiary alicyclic amines) is 1. The molecule has 2 amide bonds. The van der Waals surface area contributed by atoms with E-state index in [2.05, 4.69) is 15.9 Å². The van der Waals surface area contributed by atoms with Gasteiger partial charge in [-0.05, 0) is 53.7 Å². The van der Waals surface area contributed by atoms with E-state index in [4.69, 9.17) is 5.73 Å². The number of rotatable bonds is 4. The number of hydrogen-bond donors (Lipinski definition) is 1. The van der Waals surface area contributed by atoms with Crippen LogP contribution in [-0.2, 0) is 4.79 Å². The van der Waals surface area contributed by atoms with Crippen molar-refractivity contribution < 1.29 is 9.59 Å². The van der Waals surface area contributed by atoms with Gasteiger partial charge in [0.2, 0.25) is 5.91 Å². The Hall–Kier alpha value is -0.920. The monoisotopic (exact) mass is 387 g/mol. The Labute approximate surface area is 143 Å². The summed E-state index contributed by atoms with van der Waals surface area (Å²) >= 11 is 4.72. The highest BCUT2D eigenvalue weighted by Crippen LogP contribution is 2.23. The molecule has 5 nitrogen and oxygen atoms in total. The maximum atomic E-state index is 12.4. The van der Waals surface area contributed by atoms with Crippen molar-refractivity contribution in [3.05, 3.63) is 20.8 Å². The molecule has 122 valence electrons. The first-order valence-corrected chi connectivity index (χ1v) is 9.03. The standard InChI is InChI=1S/C15H22BrN3O2S/c1-10(17)11-4-3-7-19(8-11)14(20)9-18(2)15(21)12-5-6-13(16)22-12/h5-6,10-11H,3-4,7-9,17H2,1-2H3. The van der Waals surface area contributed by atoms with Crippen LogP contribution >= 0.6 is 27.3 Å². The first kappa shape index (κ1) is 17.4. The van der Waals surface area contributed by atoms with Crippen molar-refractivity contribution in [1.29, 1.82) is 0 Å². The third-order valence-electron chi connectivity index (χ3n) is 4.06. The van der Waals surface area contributed by atoms with Crippen LogP contribution in [0.3, 0.4) is 0 Å². The topological polar surface area (TPSA) is 66.6 Å². The normalized spacial score (nSPS) is 19.8. The fraction of sp³-hybridized carbons (Fsp3) is 0.600. The van der Waals surface area contributed by atoms with E-state index in [9.17, 15) is 9.59 Å². The first-order chi connectivity index (χ1) is 10.4. The van der Waals surface area contributed by atoms with Gasteiger partial charge < -0.3 is 15.5 Å². The van der Waals surface area contributed by atoms with Crippen LogP contribution in [0, 0.1) is 5.92 Å². The molecule has 0 bridgehead atoms. The molecule has 1 aromatic heterocycles. The van der Waals surface area contributed by atoms with Gasteiger partial charge in [0.25, 0.3) is 5.91 Å². The lowest BCUT2D eigenvalue weighted by atomic mass is 9.92. The van der Waals surface area contributed by atoms with E-state index < -0.39 is 0 Å². The number of carbonyl (C=O) groups excluding carboxylic acids is 2. The number of hydrogen-bond acceptors (Lipinski definition) is 4. The maximum absolute atomic E-state index is 12.4. The molecule has 0 aromatic carbocycles. The number of piperidine rings is 1. The molecule has 0 saturated carbocycles. The largest absolute Gasteiger partial charge is 0.341 e. The summed E-state index contributed by atoms with van der Waals surface area (Å²) in [6.45, 7) is 3.56. The van der Waals surface area contributed by atoms with Gasteiger partial charge in [-0.2, -0.15) is 0 Å². The summed E-state index contributed by atoms with van der Waals surface area (Å²) in [6, 6.07) is 3.70. The molecule has 1 saturated heterocycles. The van der Waals surface area contributed by atoms with Gasteiger partial charge in [-0.25, -0.2) is 0 Å². The van der Waals surface area contributed by atoms with E-state index in [-0.39, 0.29) is 24.4 Å². The number of amides is 2. The fourth-order valence-corrected chi connectivity index (χ4v) is 4.04. The number of likely N-dealkylation sites (N-methyl/N-ethyl adjacent to an activating group) is 1. The zero-order valence-corrected chi connectivity index (χ0v) is 15.3. The molecule has 2 N–H and O–H groups in total. The predicted octanol–water partition coefficient (Wildman–Crippen LogP) is 2.17. The van der Waals surface area contributed by atoms with Crippen LogP contribution in [0.25, 0.3) is 0 Å². The minimum absolute atomic E-state index is 0.00294. The summed E-state index contributed by atoms with van der Waals surface area (Å²) in [6.07, 6.45) is 2.05. The van der Waals surface area contributed by atoms with Crippen LogP contribution in [0.15, 0.2) is 15.9 Å². The minimum atomic E-state index is -0.121. The van der Waals surface area contributed by atoms with Crippen molar-refractivity contribution >= 4 is 39.1 Å². The van der Waals surface area contributed by atoms with E-state index >= 15 is 0 Å². The van der Waals surface area contributed by atoms with Crippen LogP contribution in [0.4, 0.5) is 0 Å². The minimum Gasteiger partial charge on any atom is -0.341 e. The number of nitrogens with zero attached hydrogens (tertiary/aromatic N) is 2. The van der Waals surface area contributed by atoms with Gasteiger partial charge in [0.15, 0.2) is 0 Å². The van der Waals surface area contributed by atoms with Crippen LogP contribution in [-0.4, -0.2) is 54.3 Å². The van der Waals surface area contributed by atoms with Crippen molar-refractivity contribution in [2.75, 3.05) is 26.7 Å². The third kappa shape index (κ3) is 4.30. The average molecular weight is 388 g/mol. The summed E-state index contributed by atoms with van der Waals surface area (Å²) in [4.78, 5) is 28.6. The molecule has 2 atom stereocenters. The molecule has 1 aliphatic rings. The summed E-state index contributed by atoms with van der Waals surface area (Å²) in [5.41, 5.74) is 5.95. The molecule has 22 heavy (non-hydrogen) atoms. The number of halogens is 1. The molecule has 2 rings (SSSR count).